The third-order valence-electron chi connectivity index (χ3n) is 8.94. The third-order valence-corrected chi connectivity index (χ3v) is 8.94. The molecular weight excluding hydrogens is 452 g/mol. The minimum absolute atomic E-state index is 0.0723. The zero-order chi connectivity index (χ0) is 25.1. The van der Waals surface area contributed by atoms with Crippen molar-refractivity contribution in [2.75, 3.05) is 18.6 Å². The Balaban J connectivity index is 1.45. The SMILES string of the molecule is C[C@H]1C[C@]1(C(N)=NO)n1c(C(=O)N(C)c2ccccc2)cc2cc(C3CCOC4(CCC4)C3)ccc21. The molecule has 0 radical (unpaired) electrons. The molecule has 3 atom stereocenters. The van der Waals surface area contributed by atoms with E-state index in [-0.39, 0.29) is 23.3 Å². The summed E-state index contributed by atoms with van der Waals surface area (Å²) in [6, 6.07) is 18.1. The zero-order valence-electron chi connectivity index (χ0n) is 21.0. The summed E-state index contributed by atoms with van der Waals surface area (Å²) in [5.74, 6) is 0.619. The fraction of sp³-hybridized carbons (Fsp3) is 0.448. The number of ether oxygens (including phenoxy) is 1. The summed E-state index contributed by atoms with van der Waals surface area (Å²) in [5.41, 5.74) is 9.24. The van der Waals surface area contributed by atoms with Crippen LogP contribution in [-0.2, 0) is 10.3 Å². The second kappa shape index (κ2) is 8.37. The highest BCUT2D eigenvalue weighted by Gasteiger charge is 2.58. The Kier molecular flexibility index (Phi) is 5.37. The average molecular weight is 487 g/mol. The fourth-order valence-electron chi connectivity index (χ4n) is 6.53. The van der Waals surface area contributed by atoms with Gasteiger partial charge in [0.1, 0.15) is 11.2 Å². The standard InChI is InChI=1S/C29H34N4O3/c1-19-17-29(19,27(30)31-35)33-24-10-9-20(21-11-14-36-28(18-21)12-6-13-28)15-22(24)16-25(33)26(34)32(2)23-7-4-3-5-8-23/h3-5,7-10,15-16,19,21,35H,6,11-14,17-18H2,1-2H3,(H2,30,31)/t19-,21?,29-/m0/s1. The van der Waals surface area contributed by atoms with Crippen molar-refractivity contribution in [1.82, 2.24) is 4.57 Å². The first-order valence-electron chi connectivity index (χ1n) is 13.0. The van der Waals surface area contributed by atoms with Gasteiger partial charge in [-0.25, -0.2) is 0 Å². The van der Waals surface area contributed by atoms with E-state index in [0.29, 0.717) is 18.0 Å². The van der Waals surface area contributed by atoms with Gasteiger partial charge in [0.05, 0.1) is 5.60 Å². The van der Waals surface area contributed by atoms with Gasteiger partial charge in [0.25, 0.3) is 5.91 Å². The number of carbonyl (C=O) groups excluding carboxylic acids is 1. The Hall–Kier alpha value is -3.32. The van der Waals surface area contributed by atoms with E-state index in [1.54, 1.807) is 11.9 Å². The number of benzene rings is 2. The Morgan fingerprint density at radius 3 is 2.56 bits per heavy atom. The van der Waals surface area contributed by atoms with E-state index in [0.717, 1.165) is 48.9 Å². The molecule has 1 aromatic heterocycles. The van der Waals surface area contributed by atoms with E-state index < -0.39 is 5.54 Å². The molecule has 1 saturated heterocycles. The number of para-hydroxylation sites is 1. The number of nitrogens with zero attached hydrogens (tertiary/aromatic N) is 3. The molecule has 0 bridgehead atoms. The zero-order valence-corrected chi connectivity index (χ0v) is 21.0. The van der Waals surface area contributed by atoms with Crippen molar-refractivity contribution >= 4 is 28.3 Å². The monoisotopic (exact) mass is 486 g/mol. The molecule has 3 aromatic rings. The molecule has 188 valence electrons. The van der Waals surface area contributed by atoms with Gasteiger partial charge in [-0.15, -0.1) is 0 Å². The van der Waals surface area contributed by atoms with Crippen molar-refractivity contribution in [3.63, 3.8) is 0 Å². The van der Waals surface area contributed by atoms with Crippen LogP contribution in [0.1, 0.15) is 67.4 Å². The van der Waals surface area contributed by atoms with E-state index in [4.69, 9.17) is 10.5 Å². The molecular formula is C29H34N4O3. The number of oxime groups is 1. The Morgan fingerprint density at radius 1 is 1.17 bits per heavy atom. The number of aromatic nitrogens is 1. The first kappa shape index (κ1) is 23.1. The number of amidine groups is 1. The fourth-order valence-corrected chi connectivity index (χ4v) is 6.53. The molecule has 2 saturated carbocycles. The van der Waals surface area contributed by atoms with Crippen LogP contribution in [0, 0.1) is 5.92 Å². The number of amides is 1. The van der Waals surface area contributed by atoms with Crippen LogP contribution in [0.25, 0.3) is 10.9 Å². The number of fused-ring (bicyclic) bond motifs is 1. The minimum atomic E-state index is -0.713. The molecule has 7 nitrogen and oxygen atoms in total. The molecule has 3 aliphatic rings. The van der Waals surface area contributed by atoms with Crippen LogP contribution in [-0.4, -0.2) is 40.8 Å². The largest absolute Gasteiger partial charge is 0.409 e. The number of nitrogens with two attached hydrogens (primary N) is 1. The maximum atomic E-state index is 13.9. The molecule has 2 aromatic carbocycles. The molecule has 3 N–H and O–H groups in total. The van der Waals surface area contributed by atoms with E-state index in [9.17, 15) is 10.0 Å². The van der Waals surface area contributed by atoms with Crippen molar-refractivity contribution in [2.24, 2.45) is 16.8 Å². The van der Waals surface area contributed by atoms with Gasteiger partial charge >= 0.3 is 0 Å². The van der Waals surface area contributed by atoms with Crippen LogP contribution in [0.5, 0.6) is 0 Å². The van der Waals surface area contributed by atoms with E-state index >= 15 is 0 Å². The van der Waals surface area contributed by atoms with E-state index in [2.05, 4.69) is 30.3 Å². The van der Waals surface area contributed by atoms with Gasteiger partial charge in [0.2, 0.25) is 0 Å². The molecule has 3 fully saturated rings. The summed E-state index contributed by atoms with van der Waals surface area (Å²) in [5, 5.41) is 14.1. The lowest BCUT2D eigenvalue weighted by Crippen LogP contribution is -2.44. The molecule has 1 aliphatic heterocycles. The van der Waals surface area contributed by atoms with Crippen LogP contribution >= 0.6 is 0 Å². The van der Waals surface area contributed by atoms with Crippen LogP contribution in [0.2, 0.25) is 0 Å². The Bertz CT molecular complexity index is 1340. The molecule has 6 rings (SSSR count). The van der Waals surface area contributed by atoms with Crippen LogP contribution in [0.4, 0.5) is 5.69 Å². The van der Waals surface area contributed by atoms with Crippen LogP contribution < -0.4 is 10.6 Å². The first-order chi connectivity index (χ1) is 17.4. The number of hydrogen-bond donors (Lipinski definition) is 2. The minimum Gasteiger partial charge on any atom is -0.409 e. The lowest BCUT2D eigenvalue weighted by molar-refractivity contribution is -0.133. The summed E-state index contributed by atoms with van der Waals surface area (Å²) in [7, 11) is 1.79. The second-order valence-electron chi connectivity index (χ2n) is 11.0. The first-order valence-corrected chi connectivity index (χ1v) is 13.0. The quantitative estimate of drug-likeness (QED) is 0.224. The summed E-state index contributed by atoms with van der Waals surface area (Å²) in [6.07, 6.45) is 6.36. The maximum Gasteiger partial charge on any atom is 0.274 e. The van der Waals surface area contributed by atoms with Gasteiger partial charge in [-0.05, 0) is 86.3 Å². The average Bonchev–Trinajstić information content (AvgIpc) is 3.42. The lowest BCUT2D eigenvalue weighted by Gasteiger charge is -2.47. The Morgan fingerprint density at radius 2 is 1.92 bits per heavy atom. The Labute approximate surface area is 211 Å². The molecule has 2 aliphatic carbocycles. The molecule has 2 heterocycles. The lowest BCUT2D eigenvalue weighted by atomic mass is 9.70. The second-order valence-corrected chi connectivity index (χ2v) is 11.0. The van der Waals surface area contributed by atoms with Gasteiger partial charge in [-0.2, -0.15) is 0 Å². The maximum absolute atomic E-state index is 13.9. The highest BCUT2D eigenvalue weighted by molar-refractivity contribution is 6.09. The van der Waals surface area contributed by atoms with Gasteiger partial charge in [-0.1, -0.05) is 36.3 Å². The smallest absolute Gasteiger partial charge is 0.274 e. The highest BCUT2D eigenvalue weighted by Crippen LogP contribution is 2.53. The summed E-state index contributed by atoms with van der Waals surface area (Å²) in [6.45, 7) is 2.88. The number of hydrogen-bond acceptors (Lipinski definition) is 4. The van der Waals surface area contributed by atoms with Gasteiger partial charge in [0, 0.05) is 30.2 Å². The van der Waals surface area contributed by atoms with Crippen molar-refractivity contribution in [2.45, 2.75) is 62.5 Å². The van der Waals surface area contributed by atoms with E-state index in [1.165, 1.54) is 12.0 Å². The summed E-state index contributed by atoms with van der Waals surface area (Å²) < 4.78 is 8.18. The number of rotatable bonds is 5. The molecule has 7 heteroatoms. The van der Waals surface area contributed by atoms with Crippen LogP contribution in [0.15, 0.2) is 59.8 Å². The van der Waals surface area contributed by atoms with Crippen molar-refractivity contribution in [1.29, 1.82) is 0 Å². The summed E-state index contributed by atoms with van der Waals surface area (Å²) in [4.78, 5) is 15.6. The van der Waals surface area contributed by atoms with Crippen LogP contribution in [0.3, 0.4) is 0 Å². The van der Waals surface area contributed by atoms with Crippen molar-refractivity contribution in [3.05, 3.63) is 65.9 Å². The molecule has 1 amide bonds. The molecule has 1 unspecified atom stereocenters. The predicted octanol–water partition coefficient (Wildman–Crippen LogP) is 5.22. The molecule has 1 spiro atoms. The molecule has 36 heavy (non-hydrogen) atoms. The van der Waals surface area contributed by atoms with Crippen molar-refractivity contribution in [3.8, 4) is 0 Å². The number of anilines is 1. The third kappa shape index (κ3) is 3.44. The van der Waals surface area contributed by atoms with Gasteiger partial charge < -0.3 is 25.1 Å². The summed E-state index contributed by atoms with van der Waals surface area (Å²) >= 11 is 0. The topological polar surface area (TPSA) is 93.1 Å². The number of carbonyl (C=O) groups is 1. The van der Waals surface area contributed by atoms with Gasteiger partial charge in [-0.3, -0.25) is 4.79 Å². The normalized spacial score (nSPS) is 27.1. The van der Waals surface area contributed by atoms with Crippen molar-refractivity contribution < 1.29 is 14.7 Å². The van der Waals surface area contributed by atoms with Gasteiger partial charge in [0.15, 0.2) is 5.84 Å². The highest BCUT2D eigenvalue weighted by atomic mass is 16.5. The predicted molar refractivity (Wildman–Crippen MR) is 141 cm³/mol. The van der Waals surface area contributed by atoms with E-state index in [1.807, 2.05) is 41.0 Å².